The number of carbonyl (C=O) groups is 3. The molecule has 2 aliphatic heterocycles. The lowest BCUT2D eigenvalue weighted by Crippen LogP contribution is -2.42. The molecule has 3 heterocycles. The summed E-state index contributed by atoms with van der Waals surface area (Å²) in [5.74, 6) is -0.759. The number of carbonyl (C=O) groups excluding carboxylic acids is 3. The Hall–Kier alpha value is -3.02. The van der Waals surface area contributed by atoms with E-state index in [1.807, 2.05) is 6.07 Å². The number of hydrogen-bond acceptors (Lipinski definition) is 7. The minimum Gasteiger partial charge on any atom is -0.470 e. The molecule has 1 aromatic heterocycles. The SMILES string of the molecule is N#Cc1nccnc1OC1CCN(C(=O)CN2C(=O)CCC2=O)C1. The van der Waals surface area contributed by atoms with Gasteiger partial charge in [-0.3, -0.25) is 19.3 Å². The van der Waals surface area contributed by atoms with Crippen molar-refractivity contribution in [2.75, 3.05) is 19.6 Å². The molecule has 1 atom stereocenters. The fourth-order valence-electron chi connectivity index (χ4n) is 2.73. The zero-order valence-corrected chi connectivity index (χ0v) is 12.8. The first-order valence-electron chi connectivity index (χ1n) is 7.57. The maximum Gasteiger partial charge on any atom is 0.251 e. The molecule has 0 radical (unpaired) electrons. The van der Waals surface area contributed by atoms with E-state index in [4.69, 9.17) is 10.00 Å². The highest BCUT2D eigenvalue weighted by atomic mass is 16.5. The van der Waals surface area contributed by atoms with Gasteiger partial charge < -0.3 is 9.64 Å². The van der Waals surface area contributed by atoms with Crippen molar-refractivity contribution in [2.24, 2.45) is 0 Å². The number of imide groups is 1. The molecule has 9 nitrogen and oxygen atoms in total. The number of rotatable bonds is 4. The normalized spacial score (nSPS) is 20.4. The average molecular weight is 329 g/mol. The van der Waals surface area contributed by atoms with Gasteiger partial charge in [0.25, 0.3) is 5.88 Å². The van der Waals surface area contributed by atoms with Crippen LogP contribution in [0.25, 0.3) is 0 Å². The van der Waals surface area contributed by atoms with E-state index in [-0.39, 0.29) is 54.8 Å². The summed E-state index contributed by atoms with van der Waals surface area (Å²) in [6, 6.07) is 1.90. The van der Waals surface area contributed by atoms with Crippen LogP contribution in [0.2, 0.25) is 0 Å². The number of likely N-dealkylation sites (tertiary alicyclic amines) is 2. The number of hydrogen-bond donors (Lipinski definition) is 0. The average Bonchev–Trinajstić information content (AvgIpc) is 3.17. The third kappa shape index (κ3) is 3.17. The Balaban J connectivity index is 1.57. The minimum absolute atomic E-state index is 0.0931. The maximum absolute atomic E-state index is 12.3. The van der Waals surface area contributed by atoms with Crippen LogP contribution < -0.4 is 4.74 Å². The lowest BCUT2D eigenvalue weighted by Gasteiger charge is -2.20. The Morgan fingerprint density at radius 2 is 2.00 bits per heavy atom. The fourth-order valence-corrected chi connectivity index (χ4v) is 2.73. The summed E-state index contributed by atoms with van der Waals surface area (Å²) >= 11 is 0. The number of nitriles is 1. The van der Waals surface area contributed by atoms with Gasteiger partial charge in [-0.2, -0.15) is 5.26 Å². The molecule has 0 spiro atoms. The van der Waals surface area contributed by atoms with Crippen molar-refractivity contribution in [3.63, 3.8) is 0 Å². The molecule has 0 bridgehead atoms. The molecule has 2 fully saturated rings. The number of aromatic nitrogens is 2. The standard InChI is InChI=1S/C15H15N5O4/c16-7-11-15(18-5-4-17-11)24-10-3-6-19(8-10)14(23)9-20-12(21)1-2-13(20)22/h4-5,10H,1-3,6,8-9H2. The van der Waals surface area contributed by atoms with Crippen LogP contribution in [0.3, 0.4) is 0 Å². The summed E-state index contributed by atoms with van der Waals surface area (Å²) in [7, 11) is 0. The molecule has 0 saturated carbocycles. The molecule has 3 rings (SSSR count). The van der Waals surface area contributed by atoms with Crippen LogP contribution in [0.15, 0.2) is 12.4 Å². The maximum atomic E-state index is 12.3. The van der Waals surface area contributed by atoms with Gasteiger partial charge in [-0.15, -0.1) is 0 Å². The van der Waals surface area contributed by atoms with Crippen LogP contribution in [-0.4, -0.2) is 63.2 Å². The largest absolute Gasteiger partial charge is 0.470 e. The van der Waals surface area contributed by atoms with E-state index in [1.54, 1.807) is 4.90 Å². The second-order valence-electron chi connectivity index (χ2n) is 5.56. The van der Waals surface area contributed by atoms with Crippen LogP contribution in [-0.2, 0) is 14.4 Å². The molecule has 3 amide bonds. The molecule has 0 N–H and O–H groups in total. The van der Waals surface area contributed by atoms with Crippen molar-refractivity contribution >= 4 is 17.7 Å². The van der Waals surface area contributed by atoms with Gasteiger partial charge >= 0.3 is 0 Å². The van der Waals surface area contributed by atoms with E-state index in [1.165, 1.54) is 12.4 Å². The molecule has 0 aromatic carbocycles. The zero-order valence-electron chi connectivity index (χ0n) is 12.8. The highest BCUT2D eigenvalue weighted by molar-refractivity contribution is 6.04. The van der Waals surface area contributed by atoms with Crippen molar-refractivity contribution in [2.45, 2.75) is 25.4 Å². The summed E-state index contributed by atoms with van der Waals surface area (Å²) in [4.78, 5) is 45.8. The molecule has 9 heteroatoms. The first kappa shape index (κ1) is 15.9. The van der Waals surface area contributed by atoms with Crippen molar-refractivity contribution in [3.8, 4) is 11.9 Å². The second-order valence-corrected chi connectivity index (χ2v) is 5.56. The van der Waals surface area contributed by atoms with Gasteiger partial charge in [0.2, 0.25) is 23.4 Å². The molecule has 0 aliphatic carbocycles. The fraction of sp³-hybridized carbons (Fsp3) is 0.467. The molecule has 1 aromatic rings. The van der Waals surface area contributed by atoms with E-state index in [0.29, 0.717) is 19.5 Å². The number of nitrogens with zero attached hydrogens (tertiary/aromatic N) is 5. The van der Waals surface area contributed by atoms with Crippen LogP contribution in [0.4, 0.5) is 0 Å². The molecule has 2 saturated heterocycles. The van der Waals surface area contributed by atoms with Gasteiger partial charge in [0.15, 0.2) is 0 Å². The smallest absolute Gasteiger partial charge is 0.251 e. The predicted octanol–water partition coefficient (Wildman–Crippen LogP) is -0.523. The molecule has 1 unspecified atom stereocenters. The highest BCUT2D eigenvalue weighted by Gasteiger charge is 2.34. The quantitative estimate of drug-likeness (QED) is 0.682. The first-order valence-corrected chi connectivity index (χ1v) is 7.57. The lowest BCUT2D eigenvalue weighted by atomic mass is 10.3. The Morgan fingerprint density at radius 1 is 1.29 bits per heavy atom. The third-order valence-electron chi connectivity index (χ3n) is 3.99. The zero-order chi connectivity index (χ0) is 17.1. The predicted molar refractivity (Wildman–Crippen MR) is 78.3 cm³/mol. The minimum atomic E-state index is -0.307. The van der Waals surface area contributed by atoms with Gasteiger partial charge in [-0.1, -0.05) is 0 Å². The summed E-state index contributed by atoms with van der Waals surface area (Å²) < 4.78 is 5.65. The lowest BCUT2D eigenvalue weighted by molar-refractivity contribution is -0.145. The third-order valence-corrected chi connectivity index (χ3v) is 3.99. The van der Waals surface area contributed by atoms with E-state index in [0.717, 1.165) is 4.90 Å². The summed E-state index contributed by atoms with van der Waals surface area (Å²) in [6.07, 6.45) is 3.44. The Labute approximate surface area is 137 Å². The number of amides is 3. The topological polar surface area (TPSA) is 116 Å². The summed E-state index contributed by atoms with van der Waals surface area (Å²) in [5, 5.41) is 8.98. The monoisotopic (exact) mass is 329 g/mol. The molecule has 2 aliphatic rings. The van der Waals surface area contributed by atoms with Crippen molar-refractivity contribution in [1.29, 1.82) is 5.26 Å². The molecular formula is C15H15N5O4. The number of ether oxygens (including phenoxy) is 1. The van der Waals surface area contributed by atoms with Gasteiger partial charge in [0.05, 0.1) is 6.54 Å². The Kier molecular flexibility index (Phi) is 4.37. The van der Waals surface area contributed by atoms with Gasteiger partial charge in [-0.05, 0) is 0 Å². The Morgan fingerprint density at radius 3 is 2.71 bits per heavy atom. The molecule has 24 heavy (non-hydrogen) atoms. The van der Waals surface area contributed by atoms with Crippen molar-refractivity contribution in [1.82, 2.24) is 19.8 Å². The van der Waals surface area contributed by atoms with Crippen LogP contribution in [0.1, 0.15) is 25.0 Å². The van der Waals surface area contributed by atoms with Crippen LogP contribution in [0.5, 0.6) is 5.88 Å². The first-order chi connectivity index (χ1) is 11.6. The van der Waals surface area contributed by atoms with Crippen LogP contribution in [0, 0.1) is 11.3 Å². The van der Waals surface area contributed by atoms with Crippen LogP contribution >= 0.6 is 0 Å². The van der Waals surface area contributed by atoms with E-state index in [2.05, 4.69) is 9.97 Å². The second kappa shape index (κ2) is 6.62. The summed E-state index contributed by atoms with van der Waals surface area (Å²) in [6.45, 7) is 0.553. The molecule has 124 valence electrons. The summed E-state index contributed by atoms with van der Waals surface area (Å²) in [5.41, 5.74) is 0.0931. The highest BCUT2D eigenvalue weighted by Crippen LogP contribution is 2.19. The van der Waals surface area contributed by atoms with Gasteiger partial charge in [0, 0.05) is 38.2 Å². The van der Waals surface area contributed by atoms with Gasteiger partial charge in [-0.25, -0.2) is 9.97 Å². The van der Waals surface area contributed by atoms with E-state index < -0.39 is 0 Å². The molecular weight excluding hydrogens is 314 g/mol. The van der Waals surface area contributed by atoms with Gasteiger partial charge in [0.1, 0.15) is 18.7 Å². The van der Waals surface area contributed by atoms with Crippen molar-refractivity contribution < 1.29 is 19.1 Å². The van der Waals surface area contributed by atoms with E-state index in [9.17, 15) is 14.4 Å². The van der Waals surface area contributed by atoms with E-state index >= 15 is 0 Å². The van der Waals surface area contributed by atoms with Crippen molar-refractivity contribution in [3.05, 3.63) is 18.1 Å². The Bertz CT molecular complexity index is 713.